The zero-order valence-electron chi connectivity index (χ0n) is 9.37. The molecule has 2 rings (SSSR count). The van der Waals surface area contributed by atoms with E-state index < -0.39 is 5.54 Å². The lowest BCUT2D eigenvalue weighted by Crippen LogP contribution is -2.28. The molecule has 0 atom stereocenters. The normalized spacial score (nSPS) is 12.0. The van der Waals surface area contributed by atoms with Crippen molar-refractivity contribution < 1.29 is 9.15 Å². The molecule has 5 heteroatoms. The fourth-order valence-corrected chi connectivity index (χ4v) is 2.20. The quantitative estimate of drug-likeness (QED) is 0.871. The van der Waals surface area contributed by atoms with Crippen molar-refractivity contribution >= 4 is 21.6 Å². The molecule has 0 saturated heterocycles. The molecule has 1 aromatic heterocycles. The van der Waals surface area contributed by atoms with Gasteiger partial charge in [0.05, 0.1) is 11.8 Å². The number of hydrogen-bond acceptors (Lipinski definition) is 5. The Kier molecular flexibility index (Phi) is 2.52. The predicted octanol–water partition coefficient (Wildman–Crippen LogP) is 2.06. The maximum atomic E-state index is 11.2. The van der Waals surface area contributed by atoms with Gasteiger partial charge in [0.1, 0.15) is 0 Å². The Balaban J connectivity index is 2.77. The van der Waals surface area contributed by atoms with Crippen LogP contribution in [-0.4, -0.2) is 7.11 Å². The fourth-order valence-electron chi connectivity index (χ4n) is 1.47. The third-order valence-electron chi connectivity index (χ3n) is 2.36. The fraction of sp³-hybridized carbons (Fsp3) is 0.364. The van der Waals surface area contributed by atoms with Gasteiger partial charge in [-0.1, -0.05) is 11.3 Å². The van der Waals surface area contributed by atoms with Crippen molar-refractivity contribution in [2.24, 2.45) is 5.73 Å². The zero-order valence-corrected chi connectivity index (χ0v) is 10.2. The first-order valence-electron chi connectivity index (χ1n) is 4.83. The summed E-state index contributed by atoms with van der Waals surface area (Å²) in [7, 11) is 1.54. The van der Waals surface area contributed by atoms with E-state index >= 15 is 0 Å². The van der Waals surface area contributed by atoms with Gasteiger partial charge in [0.15, 0.2) is 11.3 Å². The van der Waals surface area contributed by atoms with Gasteiger partial charge >= 0.3 is 4.94 Å². The SMILES string of the molecule is COc1cc(C(C)(C)N)cc2sc(=O)oc12. The maximum Gasteiger partial charge on any atom is 0.396 e. The number of rotatable bonds is 2. The van der Waals surface area contributed by atoms with Crippen molar-refractivity contribution in [2.75, 3.05) is 7.11 Å². The first kappa shape index (κ1) is 11.2. The van der Waals surface area contributed by atoms with E-state index in [0.717, 1.165) is 21.6 Å². The van der Waals surface area contributed by atoms with Crippen LogP contribution in [0.4, 0.5) is 0 Å². The van der Waals surface area contributed by atoms with Crippen LogP contribution >= 0.6 is 11.3 Å². The number of hydrogen-bond donors (Lipinski definition) is 1. The van der Waals surface area contributed by atoms with Crippen LogP contribution in [0.5, 0.6) is 5.75 Å². The Morgan fingerprint density at radius 1 is 1.44 bits per heavy atom. The molecule has 0 bridgehead atoms. The molecule has 0 amide bonds. The third-order valence-corrected chi connectivity index (χ3v) is 3.14. The molecule has 0 aliphatic heterocycles. The first-order chi connectivity index (χ1) is 7.41. The minimum Gasteiger partial charge on any atom is -0.493 e. The van der Waals surface area contributed by atoms with E-state index in [0.29, 0.717) is 11.3 Å². The summed E-state index contributed by atoms with van der Waals surface area (Å²) < 4.78 is 11.0. The number of methoxy groups -OCH3 is 1. The summed E-state index contributed by atoms with van der Waals surface area (Å²) in [6.07, 6.45) is 0. The Morgan fingerprint density at radius 2 is 2.12 bits per heavy atom. The van der Waals surface area contributed by atoms with Gasteiger partial charge in [-0.2, -0.15) is 0 Å². The lowest BCUT2D eigenvalue weighted by Gasteiger charge is -2.19. The Morgan fingerprint density at radius 3 is 2.69 bits per heavy atom. The smallest absolute Gasteiger partial charge is 0.396 e. The molecule has 1 aromatic carbocycles. The molecule has 0 unspecified atom stereocenters. The average Bonchev–Trinajstić information content (AvgIpc) is 2.54. The van der Waals surface area contributed by atoms with Crippen molar-refractivity contribution in [3.63, 3.8) is 0 Å². The second-order valence-corrected chi connectivity index (χ2v) is 5.16. The minimum atomic E-state index is -0.478. The van der Waals surface area contributed by atoms with Gasteiger partial charge in [-0.15, -0.1) is 0 Å². The largest absolute Gasteiger partial charge is 0.493 e. The molecule has 0 aliphatic rings. The number of benzene rings is 1. The molecule has 16 heavy (non-hydrogen) atoms. The van der Waals surface area contributed by atoms with Crippen LogP contribution in [0.2, 0.25) is 0 Å². The highest BCUT2D eigenvalue weighted by molar-refractivity contribution is 7.16. The average molecular weight is 239 g/mol. The van der Waals surface area contributed by atoms with Gasteiger partial charge in [0, 0.05) is 5.54 Å². The molecule has 0 radical (unpaired) electrons. The molecule has 0 aliphatic carbocycles. The standard InChI is InChI=1S/C11H13NO3S/c1-11(2,12)6-4-7(14-3)9-8(5-6)16-10(13)15-9/h4-5H,12H2,1-3H3. The zero-order chi connectivity index (χ0) is 11.9. The number of ether oxygens (including phenoxy) is 1. The lowest BCUT2D eigenvalue weighted by molar-refractivity contribution is 0.406. The van der Waals surface area contributed by atoms with Crippen LogP contribution in [0.3, 0.4) is 0 Å². The highest BCUT2D eigenvalue weighted by Crippen LogP contribution is 2.32. The van der Waals surface area contributed by atoms with Gasteiger partial charge < -0.3 is 14.9 Å². The summed E-state index contributed by atoms with van der Waals surface area (Å²) in [5.41, 5.74) is 6.94. The second kappa shape index (κ2) is 3.61. The van der Waals surface area contributed by atoms with E-state index in [1.54, 1.807) is 13.2 Å². The topological polar surface area (TPSA) is 65.5 Å². The van der Waals surface area contributed by atoms with Crippen LogP contribution in [0.15, 0.2) is 21.3 Å². The molecule has 0 saturated carbocycles. The molecular formula is C11H13NO3S. The summed E-state index contributed by atoms with van der Waals surface area (Å²) in [4.78, 5) is 10.8. The van der Waals surface area contributed by atoms with Crippen molar-refractivity contribution in [2.45, 2.75) is 19.4 Å². The van der Waals surface area contributed by atoms with Crippen molar-refractivity contribution in [1.82, 2.24) is 0 Å². The lowest BCUT2D eigenvalue weighted by atomic mass is 9.95. The van der Waals surface area contributed by atoms with Gasteiger partial charge in [0.2, 0.25) is 0 Å². The van der Waals surface area contributed by atoms with Gasteiger partial charge in [0.25, 0.3) is 0 Å². The van der Waals surface area contributed by atoms with Crippen LogP contribution in [0.1, 0.15) is 19.4 Å². The molecule has 86 valence electrons. The van der Waals surface area contributed by atoms with Crippen LogP contribution in [-0.2, 0) is 5.54 Å². The second-order valence-electron chi connectivity index (χ2n) is 4.18. The third kappa shape index (κ3) is 1.83. The Hall–Kier alpha value is -1.33. The molecule has 0 spiro atoms. The minimum absolute atomic E-state index is 0.333. The molecular weight excluding hydrogens is 226 g/mol. The van der Waals surface area contributed by atoms with E-state index in [1.807, 2.05) is 19.9 Å². The summed E-state index contributed by atoms with van der Waals surface area (Å²) in [5.74, 6) is 0.546. The molecule has 0 fully saturated rings. The number of nitrogens with two attached hydrogens (primary N) is 1. The van der Waals surface area contributed by atoms with Gasteiger partial charge in [-0.3, -0.25) is 0 Å². The van der Waals surface area contributed by atoms with Crippen LogP contribution in [0, 0.1) is 0 Å². The number of fused-ring (bicyclic) bond motifs is 1. The summed E-state index contributed by atoms with van der Waals surface area (Å²) in [6.45, 7) is 3.80. The molecule has 4 nitrogen and oxygen atoms in total. The van der Waals surface area contributed by atoms with Crippen molar-refractivity contribution in [3.8, 4) is 5.75 Å². The summed E-state index contributed by atoms with van der Waals surface area (Å²) in [6, 6.07) is 3.67. The van der Waals surface area contributed by atoms with E-state index in [-0.39, 0.29) is 4.94 Å². The predicted molar refractivity (Wildman–Crippen MR) is 64.1 cm³/mol. The highest BCUT2D eigenvalue weighted by atomic mass is 32.1. The van der Waals surface area contributed by atoms with Crippen LogP contribution < -0.4 is 15.4 Å². The van der Waals surface area contributed by atoms with E-state index in [4.69, 9.17) is 14.9 Å². The van der Waals surface area contributed by atoms with Crippen LogP contribution in [0.25, 0.3) is 10.3 Å². The molecule has 2 aromatic rings. The Labute approximate surface area is 96.6 Å². The maximum absolute atomic E-state index is 11.2. The molecule has 2 N–H and O–H groups in total. The molecule has 1 heterocycles. The van der Waals surface area contributed by atoms with Gasteiger partial charge in [-0.25, -0.2) is 4.79 Å². The first-order valence-corrected chi connectivity index (χ1v) is 5.64. The van der Waals surface area contributed by atoms with E-state index in [2.05, 4.69) is 0 Å². The van der Waals surface area contributed by atoms with E-state index in [9.17, 15) is 4.79 Å². The van der Waals surface area contributed by atoms with E-state index in [1.165, 1.54) is 0 Å². The van der Waals surface area contributed by atoms with Crippen molar-refractivity contribution in [3.05, 3.63) is 27.4 Å². The monoisotopic (exact) mass is 239 g/mol. The summed E-state index contributed by atoms with van der Waals surface area (Å²) in [5, 5.41) is 0. The Bertz CT molecular complexity index is 577. The highest BCUT2D eigenvalue weighted by Gasteiger charge is 2.19. The van der Waals surface area contributed by atoms with Gasteiger partial charge in [-0.05, 0) is 31.5 Å². The summed E-state index contributed by atoms with van der Waals surface area (Å²) >= 11 is 1.05. The van der Waals surface area contributed by atoms with Crippen molar-refractivity contribution in [1.29, 1.82) is 0 Å².